The molecule has 0 fully saturated rings. The molecular formula is C19H45NO. The van der Waals surface area contributed by atoms with Crippen LogP contribution in [0.5, 0.6) is 0 Å². The van der Waals surface area contributed by atoms with Gasteiger partial charge in [-0.1, -0.05) is 72.6 Å². The SMILES string of the molecule is CC.CCCCCCCN.CCCCCCOC(C)(C)C. The van der Waals surface area contributed by atoms with Crippen LogP contribution >= 0.6 is 0 Å². The van der Waals surface area contributed by atoms with Gasteiger partial charge in [0.2, 0.25) is 0 Å². The van der Waals surface area contributed by atoms with Gasteiger partial charge in [-0.25, -0.2) is 0 Å². The van der Waals surface area contributed by atoms with Crippen LogP contribution in [0.2, 0.25) is 0 Å². The highest BCUT2D eigenvalue weighted by atomic mass is 16.5. The van der Waals surface area contributed by atoms with Gasteiger partial charge < -0.3 is 10.5 Å². The fraction of sp³-hybridized carbons (Fsp3) is 1.00. The van der Waals surface area contributed by atoms with E-state index in [-0.39, 0.29) is 5.60 Å². The monoisotopic (exact) mass is 303 g/mol. The van der Waals surface area contributed by atoms with Crippen molar-refractivity contribution in [2.45, 2.75) is 112 Å². The summed E-state index contributed by atoms with van der Waals surface area (Å²) in [6.45, 7) is 16.5. The predicted octanol–water partition coefficient (Wildman–Crippen LogP) is 6.32. The van der Waals surface area contributed by atoms with E-state index >= 15 is 0 Å². The molecule has 0 amide bonds. The average molecular weight is 304 g/mol. The van der Waals surface area contributed by atoms with Crippen LogP contribution in [0.1, 0.15) is 106 Å². The maximum atomic E-state index is 5.58. The minimum atomic E-state index is 0.0478. The largest absolute Gasteiger partial charge is 0.376 e. The highest BCUT2D eigenvalue weighted by molar-refractivity contribution is 4.58. The third-order valence-corrected chi connectivity index (χ3v) is 2.84. The number of rotatable bonds is 10. The first-order valence-corrected chi connectivity index (χ1v) is 9.32. The van der Waals surface area contributed by atoms with E-state index in [1.165, 1.54) is 57.8 Å². The van der Waals surface area contributed by atoms with E-state index in [9.17, 15) is 0 Å². The fourth-order valence-corrected chi connectivity index (χ4v) is 1.66. The van der Waals surface area contributed by atoms with Crippen molar-refractivity contribution >= 4 is 0 Å². The standard InChI is InChI=1S/C10H22O.C7H17N.C2H6/c1-5-6-7-8-9-11-10(2,3)4;1-2-3-4-5-6-7-8;1-2/h5-9H2,1-4H3;2-8H2,1H3;1-2H3. The second-order valence-corrected chi connectivity index (χ2v) is 6.22. The molecule has 0 heterocycles. The topological polar surface area (TPSA) is 35.2 Å². The van der Waals surface area contributed by atoms with Crippen LogP contribution in [0.25, 0.3) is 0 Å². The van der Waals surface area contributed by atoms with Crippen molar-refractivity contribution in [1.29, 1.82) is 0 Å². The Hall–Kier alpha value is -0.0800. The Bertz CT molecular complexity index is 146. The summed E-state index contributed by atoms with van der Waals surface area (Å²) in [5.41, 5.74) is 5.36. The zero-order chi connectivity index (χ0) is 17.0. The van der Waals surface area contributed by atoms with Gasteiger partial charge in [-0.15, -0.1) is 0 Å². The van der Waals surface area contributed by atoms with Crippen LogP contribution in [0, 0.1) is 0 Å². The molecule has 0 aromatic carbocycles. The van der Waals surface area contributed by atoms with Crippen molar-refractivity contribution in [2.75, 3.05) is 13.2 Å². The third-order valence-electron chi connectivity index (χ3n) is 2.84. The number of unbranched alkanes of at least 4 members (excludes halogenated alkanes) is 7. The molecule has 0 aliphatic carbocycles. The molecule has 0 saturated carbocycles. The van der Waals surface area contributed by atoms with Crippen molar-refractivity contribution in [3.05, 3.63) is 0 Å². The van der Waals surface area contributed by atoms with Gasteiger partial charge in [-0.05, 0) is 40.2 Å². The summed E-state index contributed by atoms with van der Waals surface area (Å²) in [4.78, 5) is 0. The van der Waals surface area contributed by atoms with E-state index in [4.69, 9.17) is 10.5 Å². The quantitative estimate of drug-likeness (QED) is 0.479. The van der Waals surface area contributed by atoms with Crippen LogP contribution in [0.15, 0.2) is 0 Å². The van der Waals surface area contributed by atoms with Crippen LogP contribution < -0.4 is 5.73 Å². The lowest BCUT2D eigenvalue weighted by atomic mass is 10.2. The second kappa shape index (κ2) is 22.2. The molecular weight excluding hydrogens is 258 g/mol. The van der Waals surface area contributed by atoms with Gasteiger partial charge in [0.05, 0.1) is 5.60 Å². The van der Waals surface area contributed by atoms with Crippen molar-refractivity contribution in [3.8, 4) is 0 Å². The van der Waals surface area contributed by atoms with Crippen molar-refractivity contribution in [3.63, 3.8) is 0 Å². The molecule has 21 heavy (non-hydrogen) atoms. The van der Waals surface area contributed by atoms with Gasteiger partial charge in [0.25, 0.3) is 0 Å². The summed E-state index contributed by atoms with van der Waals surface area (Å²) in [5, 5.41) is 0. The van der Waals surface area contributed by atoms with Crippen molar-refractivity contribution in [1.82, 2.24) is 0 Å². The maximum Gasteiger partial charge on any atom is 0.0598 e. The zero-order valence-corrected chi connectivity index (χ0v) is 16.3. The van der Waals surface area contributed by atoms with Crippen LogP contribution in [-0.2, 0) is 4.74 Å². The van der Waals surface area contributed by atoms with Gasteiger partial charge in [0.1, 0.15) is 0 Å². The molecule has 0 aliphatic heterocycles. The summed E-state index contributed by atoms with van der Waals surface area (Å²) in [6.07, 6.45) is 11.8. The zero-order valence-electron chi connectivity index (χ0n) is 16.3. The highest BCUT2D eigenvalue weighted by Gasteiger charge is 2.08. The molecule has 0 rings (SSSR count). The van der Waals surface area contributed by atoms with Gasteiger partial charge in [-0.3, -0.25) is 0 Å². The van der Waals surface area contributed by atoms with E-state index in [2.05, 4.69) is 34.6 Å². The molecule has 0 aromatic heterocycles. The summed E-state index contributed by atoms with van der Waals surface area (Å²) in [7, 11) is 0. The first-order chi connectivity index (χ1) is 9.97. The Morgan fingerprint density at radius 3 is 1.52 bits per heavy atom. The average Bonchev–Trinajstić information content (AvgIpc) is 2.45. The minimum absolute atomic E-state index is 0.0478. The van der Waals surface area contributed by atoms with E-state index in [0.717, 1.165) is 13.2 Å². The smallest absolute Gasteiger partial charge is 0.0598 e. The predicted molar refractivity (Wildman–Crippen MR) is 99.0 cm³/mol. The molecule has 132 valence electrons. The van der Waals surface area contributed by atoms with Crippen LogP contribution in [0.3, 0.4) is 0 Å². The molecule has 0 aliphatic rings. The van der Waals surface area contributed by atoms with Gasteiger partial charge in [0, 0.05) is 6.61 Å². The Morgan fingerprint density at radius 1 is 0.714 bits per heavy atom. The molecule has 0 saturated heterocycles. The number of nitrogens with two attached hydrogens (primary N) is 1. The lowest BCUT2D eigenvalue weighted by molar-refractivity contribution is -0.00471. The fourth-order valence-electron chi connectivity index (χ4n) is 1.66. The molecule has 0 unspecified atom stereocenters. The molecule has 2 nitrogen and oxygen atoms in total. The molecule has 0 spiro atoms. The Labute approximate surface area is 136 Å². The summed E-state index contributed by atoms with van der Waals surface area (Å²) >= 11 is 0. The lowest BCUT2D eigenvalue weighted by Crippen LogP contribution is -2.19. The molecule has 0 aromatic rings. The molecule has 2 heteroatoms. The normalized spacial score (nSPS) is 10.3. The Kier molecular flexibility index (Phi) is 27.3. The highest BCUT2D eigenvalue weighted by Crippen LogP contribution is 2.08. The van der Waals surface area contributed by atoms with E-state index < -0.39 is 0 Å². The Balaban J connectivity index is -0.000000286. The second-order valence-electron chi connectivity index (χ2n) is 6.22. The summed E-state index contributed by atoms with van der Waals surface area (Å²) in [6, 6.07) is 0. The van der Waals surface area contributed by atoms with E-state index in [1.54, 1.807) is 0 Å². The van der Waals surface area contributed by atoms with Gasteiger partial charge >= 0.3 is 0 Å². The summed E-state index contributed by atoms with van der Waals surface area (Å²) < 4.78 is 5.58. The van der Waals surface area contributed by atoms with Gasteiger partial charge in [-0.2, -0.15) is 0 Å². The maximum absolute atomic E-state index is 5.58. The Morgan fingerprint density at radius 2 is 1.14 bits per heavy atom. The number of hydrogen-bond donors (Lipinski definition) is 1. The molecule has 2 N–H and O–H groups in total. The third kappa shape index (κ3) is 38.3. The van der Waals surface area contributed by atoms with Crippen LogP contribution in [-0.4, -0.2) is 18.8 Å². The van der Waals surface area contributed by atoms with E-state index in [1.807, 2.05) is 13.8 Å². The molecule has 0 radical (unpaired) electrons. The first kappa shape index (κ1) is 25.9. The van der Waals surface area contributed by atoms with E-state index in [0.29, 0.717) is 0 Å². The van der Waals surface area contributed by atoms with Gasteiger partial charge in [0.15, 0.2) is 0 Å². The van der Waals surface area contributed by atoms with Crippen molar-refractivity contribution < 1.29 is 4.74 Å². The first-order valence-electron chi connectivity index (χ1n) is 9.32. The molecule has 0 bridgehead atoms. The lowest BCUT2D eigenvalue weighted by Gasteiger charge is -2.19. The number of hydrogen-bond acceptors (Lipinski definition) is 2. The van der Waals surface area contributed by atoms with Crippen molar-refractivity contribution in [2.24, 2.45) is 5.73 Å². The van der Waals surface area contributed by atoms with Crippen LogP contribution in [0.4, 0.5) is 0 Å². The molecule has 0 atom stereocenters. The number of ether oxygens (including phenoxy) is 1. The summed E-state index contributed by atoms with van der Waals surface area (Å²) in [5.74, 6) is 0. The minimum Gasteiger partial charge on any atom is -0.376 e.